The minimum absolute atomic E-state index is 0.0370. The fourth-order valence-corrected chi connectivity index (χ4v) is 1.88. The van der Waals surface area contributed by atoms with Gasteiger partial charge in [0.15, 0.2) is 0 Å². The van der Waals surface area contributed by atoms with E-state index in [1.54, 1.807) is 0 Å². The monoisotopic (exact) mass is 240 g/mol. The van der Waals surface area contributed by atoms with Gasteiger partial charge >= 0.3 is 5.97 Å². The fraction of sp³-hybridized carbons (Fsp3) is 0.300. The Balaban J connectivity index is 2.21. The molecule has 0 N–H and O–H groups in total. The van der Waals surface area contributed by atoms with Gasteiger partial charge in [-0.15, -0.1) is 0 Å². The molecule has 3 heteroatoms. The van der Waals surface area contributed by atoms with Crippen molar-refractivity contribution in [1.29, 1.82) is 0 Å². The van der Waals surface area contributed by atoms with Gasteiger partial charge in [-0.25, -0.2) is 0 Å². The summed E-state index contributed by atoms with van der Waals surface area (Å²) in [7, 11) is 0. The van der Waals surface area contributed by atoms with E-state index in [-0.39, 0.29) is 12.1 Å². The van der Waals surface area contributed by atoms with Crippen LogP contribution in [-0.2, 0) is 9.53 Å². The van der Waals surface area contributed by atoms with Crippen molar-refractivity contribution < 1.29 is 9.53 Å². The summed E-state index contributed by atoms with van der Waals surface area (Å²) in [6, 6.07) is 7.88. The number of hydrogen-bond acceptors (Lipinski definition) is 2. The second kappa shape index (κ2) is 3.50. The number of carbonyl (C=O) groups excluding carboxylic acids is 1. The highest BCUT2D eigenvalue weighted by Gasteiger charge is 2.24. The quantitative estimate of drug-likeness (QED) is 0.706. The normalized spacial score (nSPS) is 21.6. The lowest BCUT2D eigenvalue weighted by Crippen LogP contribution is -1.97. The molecule has 0 radical (unpaired) electrons. The van der Waals surface area contributed by atoms with Crippen molar-refractivity contribution >= 4 is 21.9 Å². The van der Waals surface area contributed by atoms with E-state index in [9.17, 15) is 4.79 Å². The maximum absolute atomic E-state index is 10.9. The van der Waals surface area contributed by atoms with Gasteiger partial charge < -0.3 is 4.74 Å². The molecule has 0 saturated carbocycles. The van der Waals surface area contributed by atoms with Crippen LogP contribution in [0.4, 0.5) is 0 Å². The second-order valence-electron chi connectivity index (χ2n) is 3.07. The summed E-state index contributed by atoms with van der Waals surface area (Å²) in [6.45, 7) is 0. The Morgan fingerprint density at radius 3 is 2.92 bits per heavy atom. The highest BCUT2D eigenvalue weighted by atomic mass is 79.9. The molecule has 1 atom stereocenters. The van der Waals surface area contributed by atoms with E-state index in [4.69, 9.17) is 4.74 Å². The van der Waals surface area contributed by atoms with Gasteiger partial charge in [0.05, 0.1) is 0 Å². The average molecular weight is 241 g/mol. The second-order valence-corrected chi connectivity index (χ2v) is 3.99. The Hall–Kier alpha value is -0.830. The zero-order valence-corrected chi connectivity index (χ0v) is 8.58. The van der Waals surface area contributed by atoms with E-state index in [0.29, 0.717) is 6.42 Å². The lowest BCUT2D eigenvalue weighted by Gasteiger charge is -2.08. The maximum atomic E-state index is 10.9. The molecular formula is C10H9BrO2. The Morgan fingerprint density at radius 1 is 1.46 bits per heavy atom. The van der Waals surface area contributed by atoms with Gasteiger partial charge in [-0.2, -0.15) is 0 Å². The molecule has 0 unspecified atom stereocenters. The molecular weight excluding hydrogens is 232 g/mol. The third-order valence-electron chi connectivity index (χ3n) is 2.10. The molecule has 1 aromatic carbocycles. The van der Waals surface area contributed by atoms with Crippen LogP contribution in [0.3, 0.4) is 0 Å². The minimum Gasteiger partial charge on any atom is -0.457 e. The predicted molar refractivity (Wildman–Crippen MR) is 52.2 cm³/mol. The molecule has 0 bridgehead atoms. The number of ether oxygens (including phenoxy) is 1. The molecule has 1 saturated heterocycles. The van der Waals surface area contributed by atoms with Crippen LogP contribution in [0.25, 0.3) is 0 Å². The van der Waals surface area contributed by atoms with E-state index in [1.165, 1.54) is 0 Å². The number of carbonyl (C=O) groups is 1. The largest absolute Gasteiger partial charge is 0.457 e. The maximum Gasteiger partial charge on any atom is 0.306 e. The average Bonchev–Trinajstić information content (AvgIpc) is 2.52. The zero-order valence-electron chi connectivity index (χ0n) is 7.00. The van der Waals surface area contributed by atoms with Crippen LogP contribution >= 0.6 is 15.9 Å². The van der Waals surface area contributed by atoms with Crippen molar-refractivity contribution in [2.45, 2.75) is 18.9 Å². The molecule has 0 aliphatic carbocycles. The molecule has 13 heavy (non-hydrogen) atoms. The lowest BCUT2D eigenvalue weighted by atomic mass is 10.1. The number of hydrogen-bond donors (Lipinski definition) is 0. The zero-order chi connectivity index (χ0) is 9.26. The van der Waals surface area contributed by atoms with Crippen LogP contribution in [0.5, 0.6) is 0 Å². The molecule has 1 aromatic rings. The summed E-state index contributed by atoms with van der Waals surface area (Å²) >= 11 is 3.38. The molecule has 1 aliphatic heterocycles. The summed E-state index contributed by atoms with van der Waals surface area (Å²) in [4.78, 5) is 10.9. The first-order valence-corrected chi connectivity index (χ1v) is 5.00. The summed E-state index contributed by atoms with van der Waals surface area (Å²) in [5.74, 6) is -0.0926. The number of cyclic esters (lactones) is 1. The fourth-order valence-electron chi connectivity index (χ4n) is 1.47. The van der Waals surface area contributed by atoms with Crippen molar-refractivity contribution in [3.8, 4) is 0 Å². The van der Waals surface area contributed by atoms with Crippen LogP contribution < -0.4 is 0 Å². The Bertz CT molecular complexity index is 335. The van der Waals surface area contributed by atoms with E-state index in [0.717, 1.165) is 16.5 Å². The molecule has 2 rings (SSSR count). The van der Waals surface area contributed by atoms with Gasteiger partial charge in [-0.1, -0.05) is 28.1 Å². The number of esters is 1. The SMILES string of the molecule is O=C1CC[C@@H](c2cccc(Br)c2)O1. The Kier molecular flexibility index (Phi) is 2.36. The van der Waals surface area contributed by atoms with Gasteiger partial charge in [0, 0.05) is 10.9 Å². The predicted octanol–water partition coefficient (Wildman–Crippen LogP) is 2.83. The van der Waals surface area contributed by atoms with Gasteiger partial charge in [-0.3, -0.25) is 4.79 Å². The van der Waals surface area contributed by atoms with Crippen molar-refractivity contribution in [2.24, 2.45) is 0 Å². The third-order valence-corrected chi connectivity index (χ3v) is 2.60. The van der Waals surface area contributed by atoms with E-state index in [1.807, 2.05) is 24.3 Å². The Labute approximate surface area is 85.0 Å². The van der Waals surface area contributed by atoms with Crippen LogP contribution in [0.1, 0.15) is 24.5 Å². The molecule has 1 fully saturated rings. The molecule has 68 valence electrons. The van der Waals surface area contributed by atoms with Crippen LogP contribution in [0.15, 0.2) is 28.7 Å². The first-order valence-electron chi connectivity index (χ1n) is 4.20. The molecule has 0 spiro atoms. The van der Waals surface area contributed by atoms with Crippen LogP contribution in [0, 0.1) is 0 Å². The summed E-state index contributed by atoms with van der Waals surface area (Å²) in [5.41, 5.74) is 1.07. The number of halogens is 1. The molecule has 1 heterocycles. The summed E-state index contributed by atoms with van der Waals surface area (Å²) in [5, 5.41) is 0. The van der Waals surface area contributed by atoms with Crippen molar-refractivity contribution in [1.82, 2.24) is 0 Å². The van der Waals surface area contributed by atoms with Crippen LogP contribution in [-0.4, -0.2) is 5.97 Å². The summed E-state index contributed by atoms with van der Waals surface area (Å²) in [6.07, 6.45) is 1.30. The van der Waals surface area contributed by atoms with Crippen molar-refractivity contribution in [3.63, 3.8) is 0 Å². The highest BCUT2D eigenvalue weighted by molar-refractivity contribution is 9.10. The first-order chi connectivity index (χ1) is 6.25. The van der Waals surface area contributed by atoms with Crippen LogP contribution in [0.2, 0.25) is 0 Å². The van der Waals surface area contributed by atoms with Gasteiger partial charge in [0.2, 0.25) is 0 Å². The lowest BCUT2D eigenvalue weighted by molar-refractivity contribution is -0.141. The van der Waals surface area contributed by atoms with Crippen molar-refractivity contribution in [3.05, 3.63) is 34.3 Å². The molecule has 2 nitrogen and oxygen atoms in total. The number of rotatable bonds is 1. The van der Waals surface area contributed by atoms with Gasteiger partial charge in [0.1, 0.15) is 6.10 Å². The third kappa shape index (κ3) is 1.91. The van der Waals surface area contributed by atoms with Crippen molar-refractivity contribution in [2.75, 3.05) is 0 Å². The standard InChI is InChI=1S/C10H9BrO2/c11-8-3-1-2-7(6-8)9-4-5-10(12)13-9/h1-3,6,9H,4-5H2/t9-/m0/s1. The topological polar surface area (TPSA) is 26.3 Å². The molecule has 1 aliphatic rings. The Morgan fingerprint density at radius 2 is 2.31 bits per heavy atom. The first kappa shape index (κ1) is 8.75. The number of benzene rings is 1. The van der Waals surface area contributed by atoms with Gasteiger partial charge in [0.25, 0.3) is 0 Å². The van der Waals surface area contributed by atoms with Gasteiger partial charge in [-0.05, 0) is 24.1 Å². The highest BCUT2D eigenvalue weighted by Crippen LogP contribution is 2.30. The summed E-state index contributed by atoms with van der Waals surface area (Å²) < 4.78 is 6.16. The van der Waals surface area contributed by atoms with E-state index in [2.05, 4.69) is 15.9 Å². The van der Waals surface area contributed by atoms with E-state index >= 15 is 0 Å². The smallest absolute Gasteiger partial charge is 0.306 e. The minimum atomic E-state index is -0.0926. The molecule has 0 amide bonds. The van der Waals surface area contributed by atoms with E-state index < -0.39 is 0 Å². The molecule has 0 aromatic heterocycles.